The lowest BCUT2D eigenvalue weighted by atomic mass is 10.1. The summed E-state index contributed by atoms with van der Waals surface area (Å²) in [6.45, 7) is 4.03. The van der Waals surface area contributed by atoms with Gasteiger partial charge in [-0.05, 0) is 25.7 Å². The molecule has 1 aliphatic carbocycles. The summed E-state index contributed by atoms with van der Waals surface area (Å²) in [7, 11) is 0. The number of hydrogen-bond acceptors (Lipinski definition) is 4. The summed E-state index contributed by atoms with van der Waals surface area (Å²) in [6, 6.07) is 1.15. The molecule has 0 aromatic rings. The van der Waals surface area contributed by atoms with Gasteiger partial charge in [-0.25, -0.2) is 0 Å². The molecule has 0 unspecified atom stereocenters. The summed E-state index contributed by atoms with van der Waals surface area (Å²) in [5.41, 5.74) is 0. The maximum absolute atomic E-state index is 5.68. The van der Waals surface area contributed by atoms with Crippen molar-refractivity contribution in [3.63, 3.8) is 0 Å². The van der Waals surface area contributed by atoms with E-state index in [1.165, 1.54) is 32.1 Å². The second-order valence-corrected chi connectivity index (χ2v) is 4.72. The van der Waals surface area contributed by atoms with Gasteiger partial charge in [0, 0.05) is 13.1 Å². The molecule has 1 saturated carbocycles. The predicted molar refractivity (Wildman–Crippen MR) is 56.0 cm³/mol. The molecule has 3 aliphatic rings. The summed E-state index contributed by atoms with van der Waals surface area (Å²) >= 11 is 0. The fourth-order valence-corrected chi connectivity index (χ4v) is 3.05. The van der Waals surface area contributed by atoms with Crippen LogP contribution in [-0.4, -0.2) is 48.5 Å². The van der Waals surface area contributed by atoms with Gasteiger partial charge in [-0.2, -0.15) is 10.1 Å². The second-order valence-electron chi connectivity index (χ2n) is 4.72. The largest absolute Gasteiger partial charge is 0.299 e. The molecule has 4 nitrogen and oxygen atoms in total. The summed E-state index contributed by atoms with van der Waals surface area (Å²) < 4.78 is 0. The fourth-order valence-electron chi connectivity index (χ4n) is 3.05. The van der Waals surface area contributed by atoms with E-state index in [1.807, 2.05) is 0 Å². The van der Waals surface area contributed by atoms with Crippen molar-refractivity contribution in [3.05, 3.63) is 0 Å². The molecule has 4 heteroatoms. The Kier molecular flexibility index (Phi) is 2.92. The smallest absolute Gasteiger partial charge is 0.0698 e. The van der Waals surface area contributed by atoms with Crippen molar-refractivity contribution in [2.75, 3.05) is 26.3 Å². The minimum atomic E-state index is 0.575. The van der Waals surface area contributed by atoms with Gasteiger partial charge in [0.15, 0.2) is 0 Å². The van der Waals surface area contributed by atoms with Gasteiger partial charge in [0.1, 0.15) is 0 Å². The van der Waals surface area contributed by atoms with Crippen LogP contribution in [0.5, 0.6) is 0 Å². The van der Waals surface area contributed by atoms with Gasteiger partial charge < -0.3 is 0 Å². The minimum absolute atomic E-state index is 0.575. The Bertz CT molecular complexity index is 191. The molecule has 0 bridgehead atoms. The second kappa shape index (κ2) is 4.37. The van der Waals surface area contributed by atoms with Gasteiger partial charge in [0.2, 0.25) is 0 Å². The summed E-state index contributed by atoms with van der Waals surface area (Å²) in [5.74, 6) is 0. The average Bonchev–Trinajstić information content (AvgIpc) is 3.01. The van der Waals surface area contributed by atoms with E-state index >= 15 is 0 Å². The highest BCUT2D eigenvalue weighted by atomic mass is 16.7. The zero-order chi connectivity index (χ0) is 10.1. The van der Waals surface area contributed by atoms with Crippen molar-refractivity contribution in [1.29, 1.82) is 0 Å². The summed E-state index contributed by atoms with van der Waals surface area (Å²) in [4.78, 5) is 11.4. The van der Waals surface area contributed by atoms with Crippen LogP contribution in [0.1, 0.15) is 32.1 Å². The third kappa shape index (κ3) is 1.91. The first-order valence-corrected chi connectivity index (χ1v) is 6.24. The van der Waals surface area contributed by atoms with Gasteiger partial charge in [0.25, 0.3) is 0 Å². The van der Waals surface area contributed by atoms with Crippen LogP contribution in [-0.2, 0) is 9.68 Å². The van der Waals surface area contributed by atoms with Crippen LogP contribution in [0.25, 0.3) is 0 Å². The molecule has 86 valence electrons. The Morgan fingerprint density at radius 2 is 1.27 bits per heavy atom. The monoisotopic (exact) mass is 212 g/mol. The normalized spacial score (nSPS) is 39.2. The lowest BCUT2D eigenvalue weighted by molar-refractivity contribution is -0.198. The van der Waals surface area contributed by atoms with Crippen molar-refractivity contribution in [3.8, 4) is 0 Å². The SMILES string of the molecule is C1C[C@H](N2CCCO2)[C@@H](N2CCCO2)C1. The molecule has 2 aliphatic heterocycles. The van der Waals surface area contributed by atoms with E-state index in [9.17, 15) is 0 Å². The van der Waals surface area contributed by atoms with Gasteiger partial charge >= 0.3 is 0 Å². The van der Waals surface area contributed by atoms with Gasteiger partial charge in [0.05, 0.1) is 25.3 Å². The number of nitrogens with zero attached hydrogens (tertiary/aromatic N) is 2. The lowest BCUT2D eigenvalue weighted by Crippen LogP contribution is -2.46. The Morgan fingerprint density at radius 3 is 1.67 bits per heavy atom. The van der Waals surface area contributed by atoms with Crippen LogP contribution in [0.15, 0.2) is 0 Å². The number of hydrogen-bond donors (Lipinski definition) is 0. The van der Waals surface area contributed by atoms with Gasteiger partial charge in [-0.3, -0.25) is 9.68 Å². The molecule has 0 aromatic carbocycles. The molecule has 2 heterocycles. The molecule has 0 N–H and O–H groups in total. The van der Waals surface area contributed by atoms with Crippen molar-refractivity contribution in [2.45, 2.75) is 44.2 Å². The van der Waals surface area contributed by atoms with E-state index in [0.717, 1.165) is 26.3 Å². The zero-order valence-electron chi connectivity index (χ0n) is 9.23. The maximum atomic E-state index is 5.68. The third-order valence-corrected chi connectivity index (χ3v) is 3.74. The molecule has 0 radical (unpaired) electrons. The van der Waals surface area contributed by atoms with E-state index in [0.29, 0.717) is 12.1 Å². The average molecular weight is 212 g/mol. The Balaban J connectivity index is 1.65. The third-order valence-electron chi connectivity index (χ3n) is 3.74. The number of hydroxylamine groups is 4. The summed E-state index contributed by atoms with van der Waals surface area (Å²) in [6.07, 6.45) is 6.22. The fraction of sp³-hybridized carbons (Fsp3) is 1.00. The minimum Gasteiger partial charge on any atom is -0.299 e. The van der Waals surface area contributed by atoms with Crippen LogP contribution in [0.3, 0.4) is 0 Å². The van der Waals surface area contributed by atoms with Crippen LogP contribution in [0.4, 0.5) is 0 Å². The van der Waals surface area contributed by atoms with E-state index < -0.39 is 0 Å². The molecule has 2 saturated heterocycles. The first-order valence-electron chi connectivity index (χ1n) is 6.24. The van der Waals surface area contributed by atoms with Crippen LogP contribution >= 0.6 is 0 Å². The molecule has 0 amide bonds. The molecule has 3 fully saturated rings. The highest BCUT2D eigenvalue weighted by Crippen LogP contribution is 2.31. The van der Waals surface area contributed by atoms with Crippen molar-refractivity contribution >= 4 is 0 Å². The van der Waals surface area contributed by atoms with Crippen LogP contribution < -0.4 is 0 Å². The first-order chi connectivity index (χ1) is 7.45. The highest BCUT2D eigenvalue weighted by molar-refractivity contribution is 4.89. The maximum Gasteiger partial charge on any atom is 0.0698 e. The molecular weight excluding hydrogens is 192 g/mol. The zero-order valence-corrected chi connectivity index (χ0v) is 9.23. The Labute approximate surface area is 91.0 Å². The lowest BCUT2D eigenvalue weighted by Gasteiger charge is -2.32. The standard InChI is InChI=1S/C11H20N2O2/c1-4-10(12-6-2-8-14-12)11(5-1)13-7-3-9-15-13/h10-11H,1-9H2/t10-,11-/m0/s1. The van der Waals surface area contributed by atoms with Crippen molar-refractivity contribution in [2.24, 2.45) is 0 Å². The van der Waals surface area contributed by atoms with E-state index in [1.54, 1.807) is 0 Å². The van der Waals surface area contributed by atoms with Crippen LogP contribution in [0, 0.1) is 0 Å². The Hall–Kier alpha value is -0.160. The highest BCUT2D eigenvalue weighted by Gasteiger charge is 2.39. The van der Waals surface area contributed by atoms with Crippen molar-refractivity contribution < 1.29 is 9.68 Å². The quantitative estimate of drug-likeness (QED) is 0.686. The van der Waals surface area contributed by atoms with E-state index in [-0.39, 0.29) is 0 Å². The molecule has 2 atom stereocenters. The molecule has 0 aromatic heterocycles. The molecular formula is C11H20N2O2. The van der Waals surface area contributed by atoms with E-state index in [2.05, 4.69) is 10.1 Å². The number of rotatable bonds is 2. The topological polar surface area (TPSA) is 24.9 Å². The predicted octanol–water partition coefficient (Wildman–Crippen LogP) is 1.18. The summed E-state index contributed by atoms with van der Waals surface area (Å²) in [5, 5.41) is 4.42. The van der Waals surface area contributed by atoms with Crippen LogP contribution in [0.2, 0.25) is 0 Å². The molecule has 3 rings (SSSR count). The van der Waals surface area contributed by atoms with Gasteiger partial charge in [-0.1, -0.05) is 6.42 Å². The van der Waals surface area contributed by atoms with E-state index in [4.69, 9.17) is 9.68 Å². The molecule has 0 spiro atoms. The van der Waals surface area contributed by atoms with Crippen molar-refractivity contribution in [1.82, 2.24) is 10.1 Å². The van der Waals surface area contributed by atoms with Gasteiger partial charge in [-0.15, -0.1) is 0 Å². The Morgan fingerprint density at radius 1 is 0.733 bits per heavy atom. The first kappa shape index (κ1) is 10.0. The molecule has 15 heavy (non-hydrogen) atoms.